The number of anilines is 1. The third kappa shape index (κ3) is 4.73. The standard InChI is InChI=1S/C29H35N7O3/c1-5-25(37)36-14-13-35(16-19(36)3)27-21-9-11-24(26-18(2)8-10-23-22(26)15-30-33-23)39-28(21)32-29(31-27)38-17-20-7-6-12-34(20)4/h5,8,10-11,15,19-20H,1,6-7,9,12-14,16-17H2,2-4H3,(H,30,33)/t19-,20+/m1/s1. The Morgan fingerprint density at radius 2 is 2.15 bits per heavy atom. The second kappa shape index (κ2) is 10.3. The number of H-pyrrole nitrogens is 1. The topological polar surface area (TPSA) is 99.7 Å². The van der Waals surface area contributed by atoms with Crippen molar-refractivity contribution in [1.29, 1.82) is 0 Å². The fourth-order valence-corrected chi connectivity index (χ4v) is 5.92. The third-order valence-corrected chi connectivity index (χ3v) is 8.16. The minimum absolute atomic E-state index is 0.0170. The summed E-state index contributed by atoms with van der Waals surface area (Å²) in [5.74, 6) is 2.04. The van der Waals surface area contributed by atoms with E-state index in [1.54, 1.807) is 0 Å². The van der Waals surface area contributed by atoms with Crippen LogP contribution in [0.25, 0.3) is 16.7 Å². The number of aromatic amines is 1. The summed E-state index contributed by atoms with van der Waals surface area (Å²) in [5.41, 5.74) is 3.99. The molecule has 10 nitrogen and oxygen atoms in total. The molecular formula is C29H35N7O3. The molecule has 0 spiro atoms. The Balaban J connectivity index is 1.33. The quantitative estimate of drug-likeness (QED) is 0.486. The summed E-state index contributed by atoms with van der Waals surface area (Å²) >= 11 is 0. The highest BCUT2D eigenvalue weighted by molar-refractivity contribution is 5.92. The number of nitrogens with one attached hydrogen (secondary N) is 1. The van der Waals surface area contributed by atoms with Crippen LogP contribution < -0.4 is 14.4 Å². The number of amides is 1. The Kier molecular flexibility index (Phi) is 6.72. The summed E-state index contributed by atoms with van der Waals surface area (Å²) in [4.78, 5) is 28.4. The molecule has 2 fully saturated rings. The molecule has 2 aromatic heterocycles. The van der Waals surface area contributed by atoms with Crippen LogP contribution in [0.1, 0.15) is 36.5 Å². The van der Waals surface area contributed by atoms with Gasteiger partial charge in [0.05, 0.1) is 17.3 Å². The summed E-state index contributed by atoms with van der Waals surface area (Å²) in [6.45, 7) is 11.3. The third-order valence-electron chi connectivity index (χ3n) is 8.16. The van der Waals surface area contributed by atoms with Crippen molar-refractivity contribution in [2.75, 3.05) is 44.7 Å². The van der Waals surface area contributed by atoms with Gasteiger partial charge in [0, 0.05) is 49.1 Å². The van der Waals surface area contributed by atoms with E-state index in [1.165, 1.54) is 12.5 Å². The zero-order chi connectivity index (χ0) is 27.1. The summed E-state index contributed by atoms with van der Waals surface area (Å²) in [5, 5.41) is 8.29. The van der Waals surface area contributed by atoms with Gasteiger partial charge in [-0.25, -0.2) is 0 Å². The van der Waals surface area contributed by atoms with Crippen molar-refractivity contribution in [1.82, 2.24) is 30.0 Å². The van der Waals surface area contributed by atoms with Gasteiger partial charge in [0.15, 0.2) is 0 Å². The Bertz CT molecular complexity index is 1450. The first-order chi connectivity index (χ1) is 18.9. The van der Waals surface area contributed by atoms with Crippen LogP contribution in [0.4, 0.5) is 5.82 Å². The molecule has 2 saturated heterocycles. The number of piperazine rings is 1. The van der Waals surface area contributed by atoms with E-state index in [-0.39, 0.29) is 11.9 Å². The van der Waals surface area contributed by atoms with Crippen molar-refractivity contribution < 1.29 is 14.3 Å². The van der Waals surface area contributed by atoms with Gasteiger partial charge >= 0.3 is 6.01 Å². The molecule has 0 bridgehead atoms. The summed E-state index contributed by atoms with van der Waals surface area (Å²) < 4.78 is 12.7. The first kappa shape index (κ1) is 25.4. The predicted molar refractivity (Wildman–Crippen MR) is 150 cm³/mol. The first-order valence-electron chi connectivity index (χ1n) is 13.7. The van der Waals surface area contributed by atoms with Gasteiger partial charge in [0.2, 0.25) is 11.8 Å². The number of rotatable bonds is 6. The average molecular weight is 530 g/mol. The number of likely N-dealkylation sites (tertiary alicyclic amines) is 1. The van der Waals surface area contributed by atoms with E-state index in [0.717, 1.165) is 52.1 Å². The minimum Gasteiger partial charge on any atom is -0.462 e. The van der Waals surface area contributed by atoms with Gasteiger partial charge in [-0.3, -0.25) is 9.89 Å². The Labute approximate surface area is 228 Å². The number of aryl methyl sites for hydroxylation is 1. The number of carbonyl (C=O) groups is 1. The summed E-state index contributed by atoms with van der Waals surface area (Å²) in [7, 11) is 2.13. The van der Waals surface area contributed by atoms with Crippen LogP contribution in [0.2, 0.25) is 0 Å². The van der Waals surface area contributed by atoms with Crippen molar-refractivity contribution in [3.05, 3.63) is 53.8 Å². The predicted octanol–water partition coefficient (Wildman–Crippen LogP) is 3.33. The molecule has 1 N–H and O–H groups in total. The van der Waals surface area contributed by atoms with E-state index in [9.17, 15) is 4.79 Å². The largest absolute Gasteiger partial charge is 0.462 e. The van der Waals surface area contributed by atoms with E-state index in [4.69, 9.17) is 19.4 Å². The zero-order valence-corrected chi connectivity index (χ0v) is 22.8. The molecule has 3 aliphatic heterocycles. The molecular weight excluding hydrogens is 494 g/mol. The van der Waals surface area contributed by atoms with Gasteiger partial charge in [-0.05, 0) is 64.1 Å². The van der Waals surface area contributed by atoms with E-state index >= 15 is 0 Å². The molecule has 10 heteroatoms. The fraction of sp³-hybridized carbons (Fsp3) is 0.448. The summed E-state index contributed by atoms with van der Waals surface area (Å²) in [6.07, 6.45) is 8.21. The molecule has 1 amide bonds. The smallest absolute Gasteiger partial charge is 0.321 e. The van der Waals surface area contributed by atoms with Crippen molar-refractivity contribution in [2.45, 2.75) is 45.2 Å². The van der Waals surface area contributed by atoms with Crippen LogP contribution in [0.3, 0.4) is 0 Å². The minimum atomic E-state index is -0.0451. The van der Waals surface area contributed by atoms with Crippen molar-refractivity contribution in [2.24, 2.45) is 0 Å². The van der Waals surface area contributed by atoms with Crippen LogP contribution in [0, 0.1) is 6.92 Å². The maximum Gasteiger partial charge on any atom is 0.321 e. The molecule has 6 rings (SSSR count). The molecule has 3 aromatic rings. The number of likely N-dealkylation sites (N-methyl/N-ethyl adjacent to an activating group) is 1. The molecule has 204 valence electrons. The van der Waals surface area contributed by atoms with Crippen LogP contribution in [0.5, 0.6) is 11.9 Å². The van der Waals surface area contributed by atoms with Gasteiger partial charge in [-0.2, -0.15) is 15.1 Å². The zero-order valence-electron chi connectivity index (χ0n) is 22.8. The van der Waals surface area contributed by atoms with Crippen molar-refractivity contribution in [3.63, 3.8) is 0 Å². The molecule has 5 heterocycles. The van der Waals surface area contributed by atoms with E-state index in [1.807, 2.05) is 17.2 Å². The Morgan fingerprint density at radius 3 is 2.92 bits per heavy atom. The summed E-state index contributed by atoms with van der Waals surface area (Å²) in [6, 6.07) is 4.78. The van der Waals surface area contributed by atoms with Crippen LogP contribution in [-0.2, 0) is 11.2 Å². The molecule has 0 aliphatic carbocycles. The molecule has 39 heavy (non-hydrogen) atoms. The molecule has 1 aromatic carbocycles. The van der Waals surface area contributed by atoms with Gasteiger partial charge in [0.1, 0.15) is 18.2 Å². The van der Waals surface area contributed by atoms with Crippen LogP contribution >= 0.6 is 0 Å². The van der Waals surface area contributed by atoms with Gasteiger partial charge in [-0.1, -0.05) is 12.6 Å². The highest BCUT2D eigenvalue weighted by Crippen LogP contribution is 2.39. The van der Waals surface area contributed by atoms with Crippen molar-refractivity contribution in [3.8, 4) is 11.9 Å². The number of hydrogen-bond acceptors (Lipinski definition) is 8. The molecule has 0 radical (unpaired) electrons. The number of nitrogens with zero attached hydrogens (tertiary/aromatic N) is 6. The number of aromatic nitrogens is 4. The lowest BCUT2D eigenvalue weighted by Crippen LogP contribution is -2.54. The Morgan fingerprint density at radius 1 is 1.28 bits per heavy atom. The lowest BCUT2D eigenvalue weighted by atomic mass is 9.99. The van der Waals surface area contributed by atoms with Crippen LogP contribution in [0.15, 0.2) is 37.1 Å². The second-order valence-corrected chi connectivity index (χ2v) is 10.7. The van der Waals surface area contributed by atoms with Gasteiger partial charge in [0.25, 0.3) is 0 Å². The normalized spacial score (nSPS) is 21.5. The Hall–Kier alpha value is -3.92. The lowest BCUT2D eigenvalue weighted by Gasteiger charge is -2.40. The molecule has 0 unspecified atom stereocenters. The fourth-order valence-electron chi connectivity index (χ4n) is 5.92. The highest BCUT2D eigenvalue weighted by Gasteiger charge is 2.32. The van der Waals surface area contributed by atoms with Gasteiger partial charge in [-0.15, -0.1) is 0 Å². The molecule has 2 atom stereocenters. The number of ether oxygens (including phenoxy) is 2. The maximum absolute atomic E-state index is 12.3. The average Bonchev–Trinajstić information content (AvgIpc) is 3.59. The monoisotopic (exact) mass is 529 g/mol. The molecule has 0 saturated carbocycles. The number of benzene rings is 1. The van der Waals surface area contributed by atoms with Crippen molar-refractivity contribution >= 4 is 28.4 Å². The first-order valence-corrected chi connectivity index (χ1v) is 13.7. The SMILES string of the molecule is C=CC(=O)N1CCN(c2nc(OC[C@@H]3CCCN3C)nc3c2CC=C(c2c(C)ccc4[nH]ncc24)O3)C[C@H]1C. The van der Waals surface area contributed by atoms with E-state index in [2.05, 4.69) is 59.6 Å². The molecule has 3 aliphatic rings. The number of allylic oxidation sites excluding steroid dienone is 1. The highest BCUT2D eigenvalue weighted by atomic mass is 16.5. The number of fused-ring (bicyclic) bond motifs is 2. The van der Waals surface area contributed by atoms with Crippen LogP contribution in [-0.4, -0.2) is 87.8 Å². The van der Waals surface area contributed by atoms with E-state index in [0.29, 0.717) is 50.6 Å². The second-order valence-electron chi connectivity index (χ2n) is 10.7. The lowest BCUT2D eigenvalue weighted by molar-refractivity contribution is -0.128. The maximum atomic E-state index is 12.3. The number of carbonyl (C=O) groups excluding carboxylic acids is 1. The number of hydrogen-bond donors (Lipinski definition) is 1. The van der Waals surface area contributed by atoms with Gasteiger partial charge < -0.3 is 24.2 Å². The van der Waals surface area contributed by atoms with E-state index < -0.39 is 0 Å².